The number of nitrogens with one attached hydrogen (secondary N) is 1. The van der Waals surface area contributed by atoms with Gasteiger partial charge in [0, 0.05) is 5.92 Å². The summed E-state index contributed by atoms with van der Waals surface area (Å²) in [6.07, 6.45) is 4.69. The van der Waals surface area contributed by atoms with Crippen LogP contribution in [0.15, 0.2) is 0 Å². The van der Waals surface area contributed by atoms with Crippen LogP contribution in [0.4, 0.5) is 0 Å². The van der Waals surface area contributed by atoms with Crippen molar-refractivity contribution >= 4 is 23.1 Å². The van der Waals surface area contributed by atoms with E-state index in [0.717, 1.165) is 32.1 Å². The first-order valence-corrected chi connectivity index (χ1v) is 6.57. The van der Waals surface area contributed by atoms with Crippen molar-refractivity contribution in [2.45, 2.75) is 58.9 Å². The molecular formula is C12H24N2OS. The van der Waals surface area contributed by atoms with Crippen LogP contribution in [-0.4, -0.2) is 16.9 Å². The minimum absolute atomic E-state index is 0.100. The number of carbonyl (C=O) groups excluding carboxylic acids is 1. The summed E-state index contributed by atoms with van der Waals surface area (Å²) in [6.45, 7) is 6.17. The lowest BCUT2D eigenvalue weighted by Crippen LogP contribution is -2.45. The second-order valence-corrected chi connectivity index (χ2v) is 4.62. The Morgan fingerprint density at radius 2 is 1.75 bits per heavy atom. The highest BCUT2D eigenvalue weighted by molar-refractivity contribution is 7.80. The summed E-state index contributed by atoms with van der Waals surface area (Å²) in [6, 6.07) is -0.154. The minimum atomic E-state index is -0.154. The summed E-state index contributed by atoms with van der Waals surface area (Å²) in [7, 11) is 0. The van der Waals surface area contributed by atoms with Gasteiger partial charge in [0.1, 0.15) is 0 Å². The standard InChI is InChI=1S/C12H24N2OS/c1-4-7-9(8-5-2)12(15)14-10(6-3)11(13)16/h9-10H,4-8H2,1-3H3,(H2,13,16)(H,14,15). The van der Waals surface area contributed by atoms with E-state index in [1.165, 1.54) is 0 Å². The Morgan fingerprint density at radius 3 is 2.06 bits per heavy atom. The van der Waals surface area contributed by atoms with Gasteiger partial charge in [0.2, 0.25) is 5.91 Å². The fourth-order valence-corrected chi connectivity index (χ4v) is 1.99. The maximum atomic E-state index is 12.0. The maximum Gasteiger partial charge on any atom is 0.223 e. The fourth-order valence-electron chi connectivity index (χ4n) is 1.77. The monoisotopic (exact) mass is 244 g/mol. The third-order valence-electron chi connectivity index (χ3n) is 2.71. The van der Waals surface area contributed by atoms with Gasteiger partial charge in [-0.3, -0.25) is 4.79 Å². The minimum Gasteiger partial charge on any atom is -0.392 e. The molecule has 0 aliphatic carbocycles. The summed E-state index contributed by atoms with van der Waals surface area (Å²) in [4.78, 5) is 12.3. The molecule has 0 aromatic heterocycles. The SMILES string of the molecule is CCCC(CCC)C(=O)NC(CC)C(N)=S. The lowest BCUT2D eigenvalue weighted by atomic mass is 9.97. The van der Waals surface area contributed by atoms with Crippen molar-refractivity contribution in [2.75, 3.05) is 0 Å². The van der Waals surface area contributed by atoms with E-state index in [9.17, 15) is 4.79 Å². The smallest absolute Gasteiger partial charge is 0.223 e. The number of amides is 1. The van der Waals surface area contributed by atoms with Crippen LogP contribution in [-0.2, 0) is 4.79 Å². The lowest BCUT2D eigenvalue weighted by molar-refractivity contribution is -0.125. The van der Waals surface area contributed by atoms with Crippen molar-refractivity contribution < 1.29 is 4.79 Å². The van der Waals surface area contributed by atoms with Crippen LogP contribution in [0, 0.1) is 5.92 Å². The molecule has 0 bridgehead atoms. The van der Waals surface area contributed by atoms with E-state index in [2.05, 4.69) is 19.2 Å². The molecule has 0 saturated carbocycles. The molecule has 0 aliphatic heterocycles. The highest BCUT2D eigenvalue weighted by Gasteiger charge is 2.20. The normalized spacial score (nSPS) is 12.5. The van der Waals surface area contributed by atoms with E-state index < -0.39 is 0 Å². The fraction of sp³-hybridized carbons (Fsp3) is 0.833. The van der Waals surface area contributed by atoms with E-state index in [4.69, 9.17) is 18.0 Å². The van der Waals surface area contributed by atoms with Gasteiger partial charge in [0.15, 0.2) is 0 Å². The summed E-state index contributed by atoms with van der Waals surface area (Å²) < 4.78 is 0. The first-order chi connectivity index (χ1) is 7.56. The van der Waals surface area contributed by atoms with Crippen molar-refractivity contribution in [1.29, 1.82) is 0 Å². The molecule has 16 heavy (non-hydrogen) atoms. The molecule has 0 aromatic rings. The van der Waals surface area contributed by atoms with Gasteiger partial charge in [-0.15, -0.1) is 0 Å². The van der Waals surface area contributed by atoms with Crippen LogP contribution in [0.1, 0.15) is 52.9 Å². The molecule has 0 aromatic carbocycles. The zero-order chi connectivity index (χ0) is 12.6. The van der Waals surface area contributed by atoms with Gasteiger partial charge in [0.05, 0.1) is 11.0 Å². The number of nitrogens with two attached hydrogens (primary N) is 1. The Balaban J connectivity index is 4.32. The number of hydrogen-bond acceptors (Lipinski definition) is 2. The van der Waals surface area contributed by atoms with Gasteiger partial charge in [-0.25, -0.2) is 0 Å². The van der Waals surface area contributed by atoms with Gasteiger partial charge in [-0.2, -0.15) is 0 Å². The van der Waals surface area contributed by atoms with E-state index >= 15 is 0 Å². The van der Waals surface area contributed by atoms with Crippen LogP contribution < -0.4 is 11.1 Å². The lowest BCUT2D eigenvalue weighted by Gasteiger charge is -2.20. The third-order valence-corrected chi connectivity index (χ3v) is 3.00. The quantitative estimate of drug-likeness (QED) is 0.645. The Labute approximate surface area is 104 Å². The second-order valence-electron chi connectivity index (χ2n) is 4.15. The van der Waals surface area contributed by atoms with Crippen molar-refractivity contribution in [3.8, 4) is 0 Å². The van der Waals surface area contributed by atoms with Crippen molar-refractivity contribution in [3.63, 3.8) is 0 Å². The Morgan fingerprint density at radius 1 is 1.25 bits per heavy atom. The first kappa shape index (κ1) is 15.4. The van der Waals surface area contributed by atoms with E-state index in [0.29, 0.717) is 4.99 Å². The largest absolute Gasteiger partial charge is 0.392 e. The average Bonchev–Trinajstić information content (AvgIpc) is 2.24. The topological polar surface area (TPSA) is 55.1 Å². The summed E-state index contributed by atoms with van der Waals surface area (Å²) in [5.41, 5.74) is 5.56. The molecule has 1 amide bonds. The van der Waals surface area contributed by atoms with Crippen molar-refractivity contribution in [1.82, 2.24) is 5.32 Å². The number of carbonyl (C=O) groups is 1. The molecule has 1 atom stereocenters. The molecule has 4 heteroatoms. The van der Waals surface area contributed by atoms with Gasteiger partial charge in [-0.1, -0.05) is 45.8 Å². The molecule has 3 nitrogen and oxygen atoms in total. The van der Waals surface area contributed by atoms with Crippen LogP contribution in [0.2, 0.25) is 0 Å². The maximum absolute atomic E-state index is 12.0. The van der Waals surface area contributed by atoms with E-state index in [-0.39, 0.29) is 17.9 Å². The summed E-state index contributed by atoms with van der Waals surface area (Å²) >= 11 is 4.91. The Kier molecular flexibility index (Phi) is 8.16. The van der Waals surface area contributed by atoms with Crippen LogP contribution in [0.25, 0.3) is 0 Å². The summed E-state index contributed by atoms with van der Waals surface area (Å²) in [5.74, 6) is 0.210. The molecule has 1 unspecified atom stereocenters. The van der Waals surface area contributed by atoms with Crippen LogP contribution >= 0.6 is 12.2 Å². The second kappa shape index (κ2) is 8.50. The van der Waals surface area contributed by atoms with Crippen molar-refractivity contribution in [3.05, 3.63) is 0 Å². The molecule has 0 rings (SSSR count). The van der Waals surface area contributed by atoms with Gasteiger partial charge in [-0.05, 0) is 19.3 Å². The Bertz CT molecular complexity index is 225. The average molecular weight is 244 g/mol. The van der Waals surface area contributed by atoms with E-state index in [1.807, 2.05) is 6.92 Å². The van der Waals surface area contributed by atoms with Gasteiger partial charge >= 0.3 is 0 Å². The predicted octanol–water partition coefficient (Wildman–Crippen LogP) is 2.38. The molecule has 0 saturated heterocycles. The van der Waals surface area contributed by atoms with Crippen LogP contribution in [0.3, 0.4) is 0 Å². The van der Waals surface area contributed by atoms with Gasteiger partial charge < -0.3 is 11.1 Å². The molecule has 0 aliphatic rings. The van der Waals surface area contributed by atoms with Crippen molar-refractivity contribution in [2.24, 2.45) is 11.7 Å². The molecule has 94 valence electrons. The molecule has 0 heterocycles. The number of rotatable bonds is 8. The molecule has 0 spiro atoms. The highest BCUT2D eigenvalue weighted by atomic mass is 32.1. The first-order valence-electron chi connectivity index (χ1n) is 6.16. The zero-order valence-electron chi connectivity index (χ0n) is 10.6. The van der Waals surface area contributed by atoms with Crippen LogP contribution in [0.5, 0.6) is 0 Å². The molecular weight excluding hydrogens is 220 g/mol. The number of hydrogen-bond donors (Lipinski definition) is 2. The molecule has 0 radical (unpaired) electrons. The van der Waals surface area contributed by atoms with E-state index in [1.54, 1.807) is 0 Å². The third kappa shape index (κ3) is 5.45. The molecule has 0 fully saturated rings. The summed E-state index contributed by atoms with van der Waals surface area (Å²) in [5, 5.41) is 2.93. The molecule has 3 N–H and O–H groups in total. The van der Waals surface area contributed by atoms with Gasteiger partial charge in [0.25, 0.3) is 0 Å². The number of thiocarbonyl (C=S) groups is 1. The predicted molar refractivity (Wildman–Crippen MR) is 72.3 cm³/mol. The Hall–Kier alpha value is -0.640. The zero-order valence-corrected chi connectivity index (χ0v) is 11.4. The highest BCUT2D eigenvalue weighted by Crippen LogP contribution is 2.14.